The Balaban J connectivity index is 0.000000633. The van der Waals surface area contributed by atoms with Gasteiger partial charge in [-0.05, 0) is 61.7 Å². The summed E-state index contributed by atoms with van der Waals surface area (Å²) < 4.78 is 31.7. The van der Waals surface area contributed by atoms with E-state index in [-0.39, 0.29) is 23.6 Å². The Hall–Kier alpha value is -2.82. The number of halogens is 3. The van der Waals surface area contributed by atoms with Crippen molar-refractivity contribution < 1.29 is 43.5 Å². The summed E-state index contributed by atoms with van der Waals surface area (Å²) in [5.74, 6) is -2.56. The van der Waals surface area contributed by atoms with Gasteiger partial charge in [-0.15, -0.1) is 0 Å². The summed E-state index contributed by atoms with van der Waals surface area (Å²) in [4.78, 5) is 8.90. The zero-order valence-corrected chi connectivity index (χ0v) is 17.9. The number of aliphatic hydroxyl groups is 2. The van der Waals surface area contributed by atoms with Gasteiger partial charge in [0.1, 0.15) is 11.5 Å². The highest BCUT2D eigenvalue weighted by atomic mass is 19.4. The number of carbonyl (C=O) groups is 1. The first-order valence-electron chi connectivity index (χ1n) is 9.60. The fraction of sp³-hybridized carbons (Fsp3) is 0.409. The molecule has 10 heteroatoms. The molecule has 7 nitrogen and oxygen atoms in total. The smallest absolute Gasteiger partial charge is 0.490 e. The van der Waals surface area contributed by atoms with E-state index < -0.39 is 18.2 Å². The van der Waals surface area contributed by atoms with E-state index in [4.69, 9.17) is 9.90 Å². The molecular formula is C22H28F3NO6. The van der Waals surface area contributed by atoms with Gasteiger partial charge >= 0.3 is 12.1 Å². The van der Waals surface area contributed by atoms with E-state index >= 15 is 0 Å². The summed E-state index contributed by atoms with van der Waals surface area (Å²) in [7, 11) is 0. The van der Waals surface area contributed by atoms with E-state index in [0.29, 0.717) is 24.1 Å². The van der Waals surface area contributed by atoms with E-state index in [2.05, 4.69) is 5.32 Å². The molecule has 0 aliphatic rings. The van der Waals surface area contributed by atoms with Gasteiger partial charge in [-0.2, -0.15) is 13.2 Å². The van der Waals surface area contributed by atoms with Crippen LogP contribution < -0.4 is 5.32 Å². The van der Waals surface area contributed by atoms with Crippen LogP contribution in [0.5, 0.6) is 11.5 Å². The van der Waals surface area contributed by atoms with Gasteiger partial charge in [0.2, 0.25) is 0 Å². The van der Waals surface area contributed by atoms with Crippen molar-refractivity contribution in [2.75, 3.05) is 6.54 Å². The lowest BCUT2D eigenvalue weighted by atomic mass is 9.98. The number of alkyl halides is 3. The van der Waals surface area contributed by atoms with Gasteiger partial charge in [0.25, 0.3) is 0 Å². The number of hydrogen-bond acceptors (Lipinski definition) is 6. The number of β-amino-alcohol motifs (C(OH)–C–C–N with tert-alkyl or cyclic N) is 1. The summed E-state index contributed by atoms with van der Waals surface area (Å²) in [5, 5.41) is 49.8. The first-order chi connectivity index (χ1) is 14.6. The molecule has 0 radical (unpaired) electrons. The second kappa shape index (κ2) is 11.2. The quantitative estimate of drug-likeness (QED) is 0.391. The monoisotopic (exact) mass is 459 g/mol. The third kappa shape index (κ3) is 9.13. The van der Waals surface area contributed by atoms with E-state index in [1.807, 2.05) is 20.8 Å². The molecule has 0 bridgehead atoms. The molecule has 2 rings (SSSR count). The Morgan fingerprint density at radius 3 is 2.03 bits per heavy atom. The minimum Gasteiger partial charge on any atom is -0.508 e. The fourth-order valence-electron chi connectivity index (χ4n) is 2.57. The van der Waals surface area contributed by atoms with Crippen LogP contribution in [0.4, 0.5) is 13.2 Å². The summed E-state index contributed by atoms with van der Waals surface area (Å²) in [6.45, 7) is 6.27. The average Bonchev–Trinajstić information content (AvgIpc) is 2.68. The van der Waals surface area contributed by atoms with Crippen molar-refractivity contribution >= 4 is 5.97 Å². The Bertz CT molecular complexity index is 910. The van der Waals surface area contributed by atoms with Gasteiger partial charge in [0.15, 0.2) is 0 Å². The van der Waals surface area contributed by atoms with E-state index in [0.717, 1.165) is 11.1 Å². The van der Waals surface area contributed by atoms with Gasteiger partial charge < -0.3 is 30.8 Å². The van der Waals surface area contributed by atoms with Crippen LogP contribution >= 0.6 is 0 Å². The molecule has 1 atom stereocenters. The number of rotatable bonds is 6. The van der Waals surface area contributed by atoms with Gasteiger partial charge in [0.05, 0.1) is 12.7 Å². The number of nitrogens with one attached hydrogen (secondary N) is 1. The molecule has 0 spiro atoms. The topological polar surface area (TPSA) is 130 Å². The number of phenolic OH excluding ortho intramolecular Hbond substituents is 1. The molecule has 0 aliphatic carbocycles. The molecule has 6 N–H and O–H groups in total. The van der Waals surface area contributed by atoms with Crippen LogP contribution in [0.15, 0.2) is 36.4 Å². The molecule has 1 unspecified atom stereocenters. The van der Waals surface area contributed by atoms with Crippen LogP contribution in [-0.2, 0) is 17.8 Å². The second-order valence-corrected chi connectivity index (χ2v) is 8.14. The number of aromatic hydroxyl groups is 2. The van der Waals surface area contributed by atoms with Crippen molar-refractivity contribution in [3.05, 3.63) is 58.7 Å². The number of aliphatic hydroxyl groups excluding tert-OH is 2. The molecule has 2 aromatic carbocycles. The van der Waals surface area contributed by atoms with Crippen LogP contribution in [0.1, 0.15) is 49.1 Å². The molecule has 0 heterocycles. The maximum Gasteiger partial charge on any atom is 0.490 e. The highest BCUT2D eigenvalue weighted by molar-refractivity contribution is 5.73. The molecule has 0 aliphatic heterocycles. The van der Waals surface area contributed by atoms with Gasteiger partial charge in [-0.3, -0.25) is 0 Å². The predicted molar refractivity (Wildman–Crippen MR) is 111 cm³/mol. The number of carboxylic acid groups (broad SMARTS) is 1. The highest BCUT2D eigenvalue weighted by Gasteiger charge is 2.38. The Labute approximate surface area is 183 Å². The van der Waals surface area contributed by atoms with Crippen molar-refractivity contribution in [3.8, 4) is 11.5 Å². The normalized spacial score (nSPS) is 12.6. The number of phenols is 2. The number of carboxylic acids is 1. The van der Waals surface area contributed by atoms with Crippen LogP contribution in [0, 0.1) is 0 Å². The van der Waals surface area contributed by atoms with Crippen molar-refractivity contribution in [1.29, 1.82) is 0 Å². The highest BCUT2D eigenvalue weighted by Crippen LogP contribution is 2.27. The lowest BCUT2D eigenvalue weighted by molar-refractivity contribution is -0.192. The van der Waals surface area contributed by atoms with Gasteiger partial charge in [-0.25, -0.2) is 4.79 Å². The van der Waals surface area contributed by atoms with E-state index in [9.17, 15) is 33.6 Å². The largest absolute Gasteiger partial charge is 0.508 e. The third-order valence-electron chi connectivity index (χ3n) is 4.27. The lowest BCUT2D eigenvalue weighted by Gasteiger charge is -2.23. The summed E-state index contributed by atoms with van der Waals surface area (Å²) >= 11 is 0. The molecule has 32 heavy (non-hydrogen) atoms. The third-order valence-corrected chi connectivity index (χ3v) is 4.27. The van der Waals surface area contributed by atoms with Crippen LogP contribution in [0.25, 0.3) is 0 Å². The standard InChI is InChI=1S/C20H27NO4.C2HF3O2/c1-20(2,3)21-11-19(25)14-5-7-17(23)15(10-14)8-13-4-6-18(24)16(9-13)12-22;3-2(4,5)1(6)7/h4-7,9-10,19,21-25H,8,11-12H2,1-3H3;(H,6,7). The van der Waals surface area contributed by atoms with Gasteiger partial charge in [-0.1, -0.05) is 12.1 Å². The minimum atomic E-state index is -5.08. The summed E-state index contributed by atoms with van der Waals surface area (Å²) in [6, 6.07) is 10.1. The average molecular weight is 459 g/mol. The van der Waals surface area contributed by atoms with Crippen LogP contribution in [-0.4, -0.2) is 49.8 Å². The molecule has 0 saturated carbocycles. The van der Waals surface area contributed by atoms with Gasteiger partial charge in [0, 0.05) is 24.1 Å². The van der Waals surface area contributed by atoms with Crippen molar-refractivity contribution in [2.24, 2.45) is 0 Å². The Kier molecular flexibility index (Phi) is 9.50. The molecule has 0 aromatic heterocycles. The van der Waals surface area contributed by atoms with Crippen molar-refractivity contribution in [3.63, 3.8) is 0 Å². The van der Waals surface area contributed by atoms with Crippen LogP contribution in [0.2, 0.25) is 0 Å². The number of aliphatic carboxylic acids is 1. The zero-order valence-electron chi connectivity index (χ0n) is 17.9. The zero-order chi connectivity index (χ0) is 24.7. The SMILES string of the molecule is CC(C)(C)NCC(O)c1ccc(O)c(Cc2ccc(O)c(CO)c2)c1.O=C(O)C(F)(F)F. The lowest BCUT2D eigenvalue weighted by Crippen LogP contribution is -2.38. The summed E-state index contributed by atoms with van der Waals surface area (Å²) in [5.41, 5.74) is 2.62. The van der Waals surface area contributed by atoms with E-state index in [1.54, 1.807) is 30.3 Å². The van der Waals surface area contributed by atoms with E-state index in [1.165, 1.54) is 6.07 Å². The minimum absolute atomic E-state index is 0.0490. The summed E-state index contributed by atoms with van der Waals surface area (Å²) in [6.07, 6.45) is -5.32. The van der Waals surface area contributed by atoms with Crippen LogP contribution in [0.3, 0.4) is 0 Å². The molecule has 0 fully saturated rings. The number of benzene rings is 2. The maximum atomic E-state index is 10.6. The molecule has 0 saturated heterocycles. The van der Waals surface area contributed by atoms with Crippen molar-refractivity contribution in [2.45, 2.75) is 51.6 Å². The Morgan fingerprint density at radius 2 is 1.53 bits per heavy atom. The first kappa shape index (κ1) is 27.2. The fourth-order valence-corrected chi connectivity index (χ4v) is 2.57. The second-order valence-electron chi connectivity index (χ2n) is 8.14. The number of hydrogen-bond donors (Lipinski definition) is 6. The molecular weight excluding hydrogens is 431 g/mol. The Morgan fingerprint density at radius 1 is 1.00 bits per heavy atom. The molecule has 0 amide bonds. The molecule has 178 valence electrons. The molecule has 2 aromatic rings. The first-order valence-corrected chi connectivity index (χ1v) is 9.60. The predicted octanol–water partition coefficient (Wildman–Crippen LogP) is 3.24. The maximum absolute atomic E-state index is 10.6. The van der Waals surface area contributed by atoms with Crippen molar-refractivity contribution in [1.82, 2.24) is 5.32 Å².